The molecule has 1 fully saturated rings. The smallest absolute Gasteiger partial charge is 0.265 e. The molecule has 0 aliphatic heterocycles. The van der Waals surface area contributed by atoms with E-state index in [1.807, 2.05) is 13.8 Å². The summed E-state index contributed by atoms with van der Waals surface area (Å²) < 4.78 is 56.2. The van der Waals surface area contributed by atoms with Crippen molar-refractivity contribution >= 4 is 39.1 Å². The minimum Gasteiger partial charge on any atom is -0.393 e. The highest BCUT2D eigenvalue weighted by Crippen LogP contribution is 2.49. The number of nitrogen functional groups attached to an aromatic ring is 2. The molecule has 2 aromatic carbocycles. The van der Waals surface area contributed by atoms with E-state index in [0.717, 1.165) is 28.4 Å². The fraction of sp³-hybridized carbons (Fsp3) is 0.304. The summed E-state index contributed by atoms with van der Waals surface area (Å²) in [6.07, 6.45) is 1.25. The molecule has 34 heavy (non-hydrogen) atoms. The van der Waals surface area contributed by atoms with Crippen molar-refractivity contribution < 1.29 is 17.2 Å². The van der Waals surface area contributed by atoms with E-state index in [4.69, 9.17) is 11.5 Å². The molecular weight excluding hydrogens is 480 g/mol. The fourth-order valence-electron chi connectivity index (χ4n) is 3.69. The van der Waals surface area contributed by atoms with Gasteiger partial charge in [-0.05, 0) is 49.6 Å². The van der Waals surface area contributed by atoms with Gasteiger partial charge in [-0.15, -0.1) is 0 Å². The number of benzene rings is 2. The van der Waals surface area contributed by atoms with E-state index in [2.05, 4.69) is 9.97 Å². The zero-order valence-corrected chi connectivity index (χ0v) is 20.3. The van der Waals surface area contributed by atoms with Crippen LogP contribution in [0.3, 0.4) is 0 Å². The molecule has 3 aromatic rings. The molecule has 0 bridgehead atoms. The van der Waals surface area contributed by atoms with Crippen molar-refractivity contribution in [3.63, 3.8) is 0 Å². The summed E-state index contributed by atoms with van der Waals surface area (Å²) in [5, 5.41) is 0.317. The van der Waals surface area contributed by atoms with Crippen molar-refractivity contribution in [2.75, 3.05) is 21.5 Å². The Balaban J connectivity index is 1.82. The molecule has 2 atom stereocenters. The largest absolute Gasteiger partial charge is 0.393 e. The number of nitrogens with two attached hydrogens (primary N) is 2. The standard InChI is InChI=1S/C23H25F2N5O2S2/c1-3-10-33-23-28-21(27)20(26)22(29-23)30(34(31,32)15-7-4-13(2)5-8-15)19-12-16(19)14-6-9-17(24)18(25)11-14/h4-9,11,16,19H,3,10,12,26H2,1-2H3,(H2,27,28,29). The monoisotopic (exact) mass is 505 g/mol. The van der Waals surface area contributed by atoms with Gasteiger partial charge in [0.1, 0.15) is 5.69 Å². The van der Waals surface area contributed by atoms with Crippen LogP contribution in [0, 0.1) is 18.6 Å². The summed E-state index contributed by atoms with van der Waals surface area (Å²) in [7, 11) is -4.11. The fourth-order valence-corrected chi connectivity index (χ4v) is 6.06. The van der Waals surface area contributed by atoms with Gasteiger partial charge in [-0.1, -0.05) is 42.4 Å². The van der Waals surface area contributed by atoms with Crippen LogP contribution in [-0.2, 0) is 10.0 Å². The Labute approximate surface area is 201 Å². The summed E-state index contributed by atoms with van der Waals surface area (Å²) >= 11 is 1.35. The van der Waals surface area contributed by atoms with Gasteiger partial charge < -0.3 is 11.5 Å². The molecule has 7 nitrogen and oxygen atoms in total. The van der Waals surface area contributed by atoms with Gasteiger partial charge in [-0.25, -0.2) is 31.5 Å². The van der Waals surface area contributed by atoms with E-state index in [0.29, 0.717) is 22.9 Å². The van der Waals surface area contributed by atoms with E-state index in [1.165, 1.54) is 30.0 Å². The normalized spacial score (nSPS) is 17.5. The highest BCUT2D eigenvalue weighted by Gasteiger charge is 2.49. The summed E-state index contributed by atoms with van der Waals surface area (Å²) in [5.41, 5.74) is 13.6. The molecule has 1 saturated carbocycles. The molecule has 0 radical (unpaired) electrons. The summed E-state index contributed by atoms with van der Waals surface area (Å²) in [6.45, 7) is 3.86. The molecule has 1 aromatic heterocycles. The number of thioether (sulfide) groups is 1. The number of nitrogens with zero attached hydrogens (tertiary/aromatic N) is 3. The van der Waals surface area contributed by atoms with E-state index < -0.39 is 27.7 Å². The first kappa shape index (κ1) is 24.2. The third-order valence-electron chi connectivity index (χ3n) is 5.59. The Morgan fingerprint density at radius 3 is 2.44 bits per heavy atom. The van der Waals surface area contributed by atoms with Crippen molar-refractivity contribution in [2.24, 2.45) is 0 Å². The second-order valence-electron chi connectivity index (χ2n) is 8.17. The molecule has 0 spiro atoms. The van der Waals surface area contributed by atoms with Crippen LogP contribution in [-0.4, -0.2) is 30.2 Å². The molecule has 11 heteroatoms. The van der Waals surface area contributed by atoms with E-state index in [1.54, 1.807) is 12.1 Å². The number of hydrogen-bond acceptors (Lipinski definition) is 7. The van der Waals surface area contributed by atoms with E-state index >= 15 is 0 Å². The summed E-state index contributed by atoms with van der Waals surface area (Å²) in [5.74, 6) is -1.62. The van der Waals surface area contributed by atoms with Crippen LogP contribution in [0.5, 0.6) is 0 Å². The van der Waals surface area contributed by atoms with Crippen molar-refractivity contribution in [2.45, 2.75) is 48.7 Å². The molecule has 1 aliphatic carbocycles. The molecule has 1 heterocycles. The van der Waals surface area contributed by atoms with Crippen LogP contribution in [0.1, 0.15) is 36.8 Å². The lowest BCUT2D eigenvalue weighted by Crippen LogP contribution is -2.35. The number of aromatic nitrogens is 2. The molecule has 0 saturated heterocycles. The van der Waals surface area contributed by atoms with Crippen LogP contribution in [0.15, 0.2) is 52.5 Å². The third kappa shape index (κ3) is 4.67. The highest BCUT2D eigenvalue weighted by atomic mass is 32.2. The van der Waals surface area contributed by atoms with Gasteiger partial charge in [0.05, 0.1) is 10.9 Å². The SMILES string of the molecule is CCCSc1nc(N)c(N)c(N(C2CC2c2ccc(F)c(F)c2)S(=O)(=O)c2ccc(C)cc2)n1. The van der Waals surface area contributed by atoms with Crippen LogP contribution in [0.2, 0.25) is 0 Å². The molecule has 1 aliphatic rings. The zero-order chi connectivity index (χ0) is 24.6. The van der Waals surface area contributed by atoms with Gasteiger partial charge in [0.15, 0.2) is 28.4 Å². The lowest BCUT2D eigenvalue weighted by atomic mass is 10.1. The maximum absolute atomic E-state index is 13.9. The maximum atomic E-state index is 13.9. The predicted octanol–water partition coefficient (Wildman–Crippen LogP) is 4.48. The average molecular weight is 506 g/mol. The number of rotatable bonds is 8. The Kier molecular flexibility index (Phi) is 6.68. The van der Waals surface area contributed by atoms with Crippen LogP contribution in [0.4, 0.5) is 26.1 Å². The summed E-state index contributed by atoms with van der Waals surface area (Å²) in [4.78, 5) is 8.71. The maximum Gasteiger partial charge on any atom is 0.265 e. The minimum absolute atomic E-state index is 0.0123. The van der Waals surface area contributed by atoms with E-state index in [-0.39, 0.29) is 28.1 Å². The lowest BCUT2D eigenvalue weighted by molar-refractivity contribution is 0.507. The Hall–Kier alpha value is -2.92. The average Bonchev–Trinajstić information content (AvgIpc) is 3.57. The number of halogens is 2. The van der Waals surface area contributed by atoms with E-state index in [9.17, 15) is 17.2 Å². The van der Waals surface area contributed by atoms with Gasteiger partial charge in [0, 0.05) is 11.7 Å². The molecule has 2 unspecified atom stereocenters. The first-order chi connectivity index (χ1) is 16.1. The number of aryl methyl sites for hydroxylation is 1. The molecule has 180 valence electrons. The number of anilines is 3. The Morgan fingerprint density at radius 1 is 1.09 bits per heavy atom. The highest BCUT2D eigenvalue weighted by molar-refractivity contribution is 7.99. The van der Waals surface area contributed by atoms with Gasteiger partial charge in [0.2, 0.25) is 0 Å². The molecule has 0 amide bonds. The lowest BCUT2D eigenvalue weighted by Gasteiger charge is -2.26. The predicted molar refractivity (Wildman–Crippen MR) is 130 cm³/mol. The minimum atomic E-state index is -4.11. The van der Waals surface area contributed by atoms with Crippen LogP contribution in [0.25, 0.3) is 0 Å². The quantitative estimate of drug-likeness (QED) is 0.343. The number of sulfonamides is 1. The number of hydrogen-bond donors (Lipinski definition) is 2. The van der Waals surface area contributed by atoms with Gasteiger partial charge in [-0.2, -0.15) is 0 Å². The topological polar surface area (TPSA) is 115 Å². The summed E-state index contributed by atoms with van der Waals surface area (Å²) in [6, 6.07) is 9.42. The Morgan fingerprint density at radius 2 is 1.79 bits per heavy atom. The van der Waals surface area contributed by atoms with Gasteiger partial charge in [-0.3, -0.25) is 0 Å². The molecule has 4 N–H and O–H groups in total. The van der Waals surface area contributed by atoms with Gasteiger partial charge >= 0.3 is 0 Å². The van der Waals surface area contributed by atoms with Crippen LogP contribution >= 0.6 is 11.8 Å². The van der Waals surface area contributed by atoms with Crippen LogP contribution < -0.4 is 15.8 Å². The first-order valence-electron chi connectivity index (χ1n) is 10.7. The van der Waals surface area contributed by atoms with Crippen molar-refractivity contribution in [1.82, 2.24) is 9.97 Å². The van der Waals surface area contributed by atoms with Crippen molar-refractivity contribution in [1.29, 1.82) is 0 Å². The van der Waals surface area contributed by atoms with Gasteiger partial charge in [0.25, 0.3) is 10.0 Å². The zero-order valence-electron chi connectivity index (χ0n) is 18.7. The molecule has 4 rings (SSSR count). The van der Waals surface area contributed by atoms with Crippen molar-refractivity contribution in [3.8, 4) is 0 Å². The Bertz CT molecular complexity index is 1320. The third-order valence-corrected chi connectivity index (χ3v) is 8.47. The van der Waals surface area contributed by atoms with Crippen molar-refractivity contribution in [3.05, 3.63) is 65.2 Å². The second kappa shape index (κ2) is 9.38. The second-order valence-corrected chi connectivity index (χ2v) is 11.1. The molecular formula is C23H25F2N5O2S2. The first-order valence-corrected chi connectivity index (χ1v) is 13.2.